The summed E-state index contributed by atoms with van der Waals surface area (Å²) in [6, 6.07) is 8.46. The van der Waals surface area contributed by atoms with Gasteiger partial charge in [-0.3, -0.25) is 4.99 Å². The molecule has 0 aliphatic carbocycles. The second-order valence-corrected chi connectivity index (χ2v) is 6.63. The van der Waals surface area contributed by atoms with Crippen LogP contribution >= 0.6 is 0 Å². The zero-order valence-corrected chi connectivity index (χ0v) is 15.5. The monoisotopic (exact) mass is 331 g/mol. The Morgan fingerprint density at radius 3 is 2.75 bits per heavy atom. The summed E-state index contributed by atoms with van der Waals surface area (Å²) in [6.45, 7) is 9.91. The van der Waals surface area contributed by atoms with Crippen LogP contribution in [0.25, 0.3) is 0 Å². The Kier molecular flexibility index (Phi) is 8.05. The first-order valence-electron chi connectivity index (χ1n) is 9.09. The van der Waals surface area contributed by atoms with Gasteiger partial charge < -0.3 is 20.4 Å². The van der Waals surface area contributed by atoms with Gasteiger partial charge in [-0.1, -0.05) is 24.3 Å². The lowest BCUT2D eigenvalue weighted by atomic mass is 10.1. The zero-order chi connectivity index (χ0) is 17.2. The fraction of sp³-hybridized carbons (Fsp3) is 0.632. The van der Waals surface area contributed by atoms with Crippen molar-refractivity contribution in [3.8, 4) is 0 Å². The minimum Gasteiger partial charge on any atom is -0.356 e. The van der Waals surface area contributed by atoms with E-state index in [1.807, 2.05) is 7.05 Å². The van der Waals surface area contributed by atoms with Crippen LogP contribution in [0.4, 0.5) is 0 Å². The molecule has 1 aromatic rings. The molecule has 5 heteroatoms. The molecule has 0 bridgehead atoms. The molecule has 0 aromatic heterocycles. The number of rotatable bonds is 6. The van der Waals surface area contributed by atoms with Gasteiger partial charge in [-0.2, -0.15) is 0 Å². The van der Waals surface area contributed by atoms with E-state index in [9.17, 15) is 0 Å². The number of aryl methyl sites for hydroxylation is 1. The molecule has 2 N–H and O–H groups in total. The highest BCUT2D eigenvalue weighted by Gasteiger charge is 2.11. The first-order chi connectivity index (χ1) is 11.7. The first kappa shape index (κ1) is 18.7. The van der Waals surface area contributed by atoms with Crippen LogP contribution in [0.2, 0.25) is 0 Å². The van der Waals surface area contributed by atoms with E-state index in [1.165, 1.54) is 43.7 Å². The maximum atomic E-state index is 4.32. The van der Waals surface area contributed by atoms with E-state index in [-0.39, 0.29) is 0 Å². The maximum absolute atomic E-state index is 4.32. The molecule has 24 heavy (non-hydrogen) atoms. The van der Waals surface area contributed by atoms with Gasteiger partial charge in [-0.05, 0) is 57.6 Å². The largest absolute Gasteiger partial charge is 0.356 e. The van der Waals surface area contributed by atoms with Gasteiger partial charge in [0.1, 0.15) is 0 Å². The van der Waals surface area contributed by atoms with E-state index in [0.29, 0.717) is 0 Å². The molecule has 0 spiro atoms. The minimum absolute atomic E-state index is 0.810. The molecule has 0 radical (unpaired) electrons. The lowest BCUT2D eigenvalue weighted by molar-refractivity contribution is 0.274. The van der Waals surface area contributed by atoms with Gasteiger partial charge in [0.25, 0.3) is 0 Å². The number of nitrogens with zero attached hydrogens (tertiary/aromatic N) is 3. The number of likely N-dealkylation sites (N-methyl/N-ethyl adjacent to an activating group) is 1. The van der Waals surface area contributed by atoms with E-state index in [0.717, 1.165) is 32.0 Å². The molecule has 1 heterocycles. The molecule has 0 saturated carbocycles. The molecule has 5 nitrogen and oxygen atoms in total. The van der Waals surface area contributed by atoms with Crippen LogP contribution in [0.15, 0.2) is 29.3 Å². The highest BCUT2D eigenvalue weighted by molar-refractivity contribution is 5.79. The number of benzene rings is 1. The molecule has 1 aromatic carbocycles. The van der Waals surface area contributed by atoms with Gasteiger partial charge in [0.15, 0.2) is 5.96 Å². The fourth-order valence-corrected chi connectivity index (χ4v) is 3.04. The number of guanidine groups is 1. The molecule has 0 amide bonds. The molecule has 1 fully saturated rings. The summed E-state index contributed by atoms with van der Waals surface area (Å²) in [6.07, 6.45) is 2.43. The van der Waals surface area contributed by atoms with Gasteiger partial charge in [0.2, 0.25) is 0 Å². The summed E-state index contributed by atoms with van der Waals surface area (Å²) in [7, 11) is 4.05. The molecule has 1 aliphatic rings. The van der Waals surface area contributed by atoms with Crippen molar-refractivity contribution >= 4 is 5.96 Å². The molecule has 1 saturated heterocycles. The van der Waals surface area contributed by atoms with E-state index >= 15 is 0 Å². The third kappa shape index (κ3) is 6.49. The Morgan fingerprint density at radius 1 is 1.12 bits per heavy atom. The smallest absolute Gasteiger partial charge is 0.191 e. The van der Waals surface area contributed by atoms with Crippen LogP contribution < -0.4 is 10.6 Å². The zero-order valence-electron chi connectivity index (χ0n) is 15.5. The average Bonchev–Trinajstić information content (AvgIpc) is 2.80. The SMILES string of the molecule is CN=C(NCCCN1CCCN(C)CC1)NCc1ccccc1C. The van der Waals surface area contributed by atoms with Crippen molar-refractivity contribution in [3.63, 3.8) is 0 Å². The van der Waals surface area contributed by atoms with Crippen molar-refractivity contribution in [2.24, 2.45) is 4.99 Å². The average molecular weight is 332 g/mol. The Morgan fingerprint density at radius 2 is 1.96 bits per heavy atom. The van der Waals surface area contributed by atoms with Crippen LogP contribution in [-0.2, 0) is 6.54 Å². The van der Waals surface area contributed by atoms with Crippen molar-refractivity contribution in [1.29, 1.82) is 0 Å². The summed E-state index contributed by atoms with van der Waals surface area (Å²) < 4.78 is 0. The van der Waals surface area contributed by atoms with Crippen molar-refractivity contribution in [2.75, 3.05) is 53.4 Å². The third-order valence-electron chi connectivity index (χ3n) is 4.69. The summed E-state index contributed by atoms with van der Waals surface area (Å²) in [4.78, 5) is 9.32. The molecule has 0 atom stereocenters. The molecule has 1 aliphatic heterocycles. The number of hydrogen-bond acceptors (Lipinski definition) is 3. The highest BCUT2D eigenvalue weighted by atomic mass is 15.2. The van der Waals surface area contributed by atoms with Crippen LogP contribution in [0, 0.1) is 6.92 Å². The summed E-state index contributed by atoms with van der Waals surface area (Å²) >= 11 is 0. The normalized spacial score (nSPS) is 17.5. The van der Waals surface area contributed by atoms with Crippen molar-refractivity contribution < 1.29 is 0 Å². The predicted octanol–water partition coefficient (Wildman–Crippen LogP) is 1.69. The van der Waals surface area contributed by atoms with Gasteiger partial charge >= 0.3 is 0 Å². The molecular formula is C19H33N5. The molecule has 134 valence electrons. The Labute approximate surface area is 147 Å². The van der Waals surface area contributed by atoms with Crippen molar-refractivity contribution in [1.82, 2.24) is 20.4 Å². The molecule has 2 rings (SSSR count). The van der Waals surface area contributed by atoms with E-state index < -0.39 is 0 Å². The summed E-state index contributed by atoms with van der Waals surface area (Å²) in [5.74, 6) is 0.883. The van der Waals surface area contributed by atoms with Crippen LogP contribution in [0.1, 0.15) is 24.0 Å². The topological polar surface area (TPSA) is 42.9 Å². The van der Waals surface area contributed by atoms with Crippen molar-refractivity contribution in [2.45, 2.75) is 26.3 Å². The summed E-state index contributed by atoms with van der Waals surface area (Å²) in [5, 5.41) is 6.82. The lowest BCUT2D eigenvalue weighted by Crippen LogP contribution is -2.38. The Bertz CT molecular complexity index is 514. The second-order valence-electron chi connectivity index (χ2n) is 6.63. The van der Waals surface area contributed by atoms with Crippen molar-refractivity contribution in [3.05, 3.63) is 35.4 Å². The second kappa shape index (κ2) is 10.3. The van der Waals surface area contributed by atoms with E-state index in [4.69, 9.17) is 0 Å². The lowest BCUT2D eigenvalue weighted by Gasteiger charge is -2.20. The Hall–Kier alpha value is -1.59. The van der Waals surface area contributed by atoms with E-state index in [2.05, 4.69) is 63.7 Å². The first-order valence-corrected chi connectivity index (χ1v) is 9.09. The molecule has 0 unspecified atom stereocenters. The van der Waals surface area contributed by atoms with Gasteiger partial charge in [-0.15, -0.1) is 0 Å². The van der Waals surface area contributed by atoms with Crippen LogP contribution in [0.5, 0.6) is 0 Å². The van der Waals surface area contributed by atoms with Gasteiger partial charge in [0, 0.05) is 33.2 Å². The Balaban J connectivity index is 1.64. The number of aliphatic imine (C=N–C) groups is 1. The third-order valence-corrected chi connectivity index (χ3v) is 4.69. The maximum Gasteiger partial charge on any atom is 0.191 e. The van der Waals surface area contributed by atoms with Crippen LogP contribution in [0.3, 0.4) is 0 Å². The predicted molar refractivity (Wildman–Crippen MR) is 103 cm³/mol. The number of hydrogen-bond donors (Lipinski definition) is 2. The summed E-state index contributed by atoms with van der Waals surface area (Å²) in [5.41, 5.74) is 2.63. The van der Waals surface area contributed by atoms with E-state index in [1.54, 1.807) is 0 Å². The quantitative estimate of drug-likeness (QED) is 0.473. The van der Waals surface area contributed by atoms with Gasteiger partial charge in [-0.25, -0.2) is 0 Å². The minimum atomic E-state index is 0.810. The van der Waals surface area contributed by atoms with Crippen LogP contribution in [-0.4, -0.2) is 69.1 Å². The standard InChI is InChI=1S/C19H33N5/c1-17-8-4-5-9-18(17)16-22-19(20-2)21-10-6-12-24-13-7-11-23(3)14-15-24/h4-5,8-9H,6-7,10-16H2,1-3H3,(H2,20,21,22). The molecular weight excluding hydrogens is 298 g/mol. The highest BCUT2D eigenvalue weighted by Crippen LogP contribution is 2.06. The van der Waals surface area contributed by atoms with Gasteiger partial charge in [0.05, 0.1) is 0 Å². The fourth-order valence-electron chi connectivity index (χ4n) is 3.04. The number of nitrogens with one attached hydrogen (secondary N) is 2.